The molecule has 0 saturated heterocycles. The third-order valence-electron chi connectivity index (χ3n) is 5.53. The molecule has 9 heteroatoms. The molecule has 7 nitrogen and oxygen atoms in total. The van der Waals surface area contributed by atoms with Gasteiger partial charge in [0, 0.05) is 78.3 Å². The van der Waals surface area contributed by atoms with Gasteiger partial charge in [-0.05, 0) is 35.9 Å². The van der Waals surface area contributed by atoms with Crippen molar-refractivity contribution in [3.8, 4) is 5.75 Å². The highest BCUT2D eigenvalue weighted by molar-refractivity contribution is 6.48. The number of rotatable bonds is 10. The van der Waals surface area contributed by atoms with E-state index in [-0.39, 0.29) is 23.4 Å². The molecule has 2 amide bonds. The Morgan fingerprint density at radius 3 is 2.50 bits per heavy atom. The summed E-state index contributed by atoms with van der Waals surface area (Å²) in [6.07, 6.45) is 2.03. The number of pyridine rings is 1. The van der Waals surface area contributed by atoms with Gasteiger partial charge in [0.1, 0.15) is 11.6 Å². The number of nitrogens with one attached hydrogen (secondary N) is 3. The van der Waals surface area contributed by atoms with E-state index >= 15 is 0 Å². The van der Waals surface area contributed by atoms with Crippen LogP contribution in [0.15, 0.2) is 55.2 Å². The molecule has 0 fully saturated rings. The Balaban J connectivity index is 1.71. The topological polar surface area (TPSA) is 92.4 Å². The highest BCUT2D eigenvalue weighted by atomic mass is 35.5. The number of anilines is 1. The van der Waals surface area contributed by atoms with E-state index in [0.717, 1.165) is 11.1 Å². The smallest absolute Gasteiger partial charge is 0.251 e. The first-order valence-electron chi connectivity index (χ1n) is 11.2. The zero-order valence-electron chi connectivity index (χ0n) is 20.4. The molecule has 188 valence electrons. The minimum absolute atomic E-state index is 0.0174. The lowest BCUT2D eigenvalue weighted by Gasteiger charge is -2.13. The summed E-state index contributed by atoms with van der Waals surface area (Å²) in [6.45, 7) is 5.51. The van der Waals surface area contributed by atoms with Crippen molar-refractivity contribution in [1.29, 1.82) is 0 Å². The summed E-state index contributed by atoms with van der Waals surface area (Å²) in [7, 11) is 3.23. The molecule has 0 bridgehead atoms. The molecule has 3 rings (SSSR count). The van der Waals surface area contributed by atoms with Crippen molar-refractivity contribution < 1.29 is 18.7 Å². The summed E-state index contributed by atoms with van der Waals surface area (Å²) in [5.74, 6) is -0.290. The summed E-state index contributed by atoms with van der Waals surface area (Å²) >= 11 is 6.03. The van der Waals surface area contributed by atoms with Crippen LogP contribution in [0, 0.1) is 5.82 Å². The maximum absolute atomic E-state index is 14.5. The van der Waals surface area contributed by atoms with Crippen molar-refractivity contribution in [1.82, 2.24) is 15.6 Å². The van der Waals surface area contributed by atoms with Gasteiger partial charge in [-0.2, -0.15) is 0 Å². The zero-order chi connectivity index (χ0) is 26.2. The van der Waals surface area contributed by atoms with Crippen molar-refractivity contribution >= 4 is 34.1 Å². The second kappa shape index (κ2) is 12.2. The molecular formula is C27H28ClFN4O3. The molecule has 1 heterocycles. The van der Waals surface area contributed by atoms with Crippen LogP contribution in [0.1, 0.15) is 45.2 Å². The summed E-state index contributed by atoms with van der Waals surface area (Å²) in [5.41, 5.74) is 4.25. The van der Waals surface area contributed by atoms with Gasteiger partial charge in [0.05, 0.1) is 7.11 Å². The van der Waals surface area contributed by atoms with Crippen molar-refractivity contribution in [2.24, 2.45) is 0 Å². The monoisotopic (exact) mass is 510 g/mol. The fourth-order valence-electron chi connectivity index (χ4n) is 3.65. The van der Waals surface area contributed by atoms with Crippen LogP contribution < -0.4 is 20.7 Å². The molecule has 0 unspecified atom stereocenters. The maximum Gasteiger partial charge on any atom is 0.251 e. The van der Waals surface area contributed by atoms with Crippen molar-refractivity contribution in [2.45, 2.75) is 26.4 Å². The average Bonchev–Trinajstić information content (AvgIpc) is 2.86. The third kappa shape index (κ3) is 6.82. The van der Waals surface area contributed by atoms with Crippen LogP contribution in [-0.4, -0.2) is 31.0 Å². The number of nitrogens with zero attached hydrogens (tertiary/aromatic N) is 1. The van der Waals surface area contributed by atoms with Crippen LogP contribution in [-0.2, 0) is 24.3 Å². The van der Waals surface area contributed by atoms with E-state index in [1.54, 1.807) is 38.6 Å². The van der Waals surface area contributed by atoms with Crippen molar-refractivity contribution in [3.05, 3.63) is 94.6 Å². The Labute approximate surface area is 214 Å². The van der Waals surface area contributed by atoms with Crippen LogP contribution in [0.3, 0.4) is 0 Å². The lowest BCUT2D eigenvalue weighted by atomic mass is 10.0. The predicted molar refractivity (Wildman–Crippen MR) is 140 cm³/mol. The van der Waals surface area contributed by atoms with Crippen LogP contribution >= 0.6 is 11.6 Å². The highest BCUT2D eigenvalue weighted by Crippen LogP contribution is 2.28. The Kier molecular flexibility index (Phi) is 9.02. The molecule has 3 N–H and O–H groups in total. The number of hydrogen-bond acceptors (Lipinski definition) is 5. The number of hydrogen-bond donors (Lipinski definition) is 3. The molecular weight excluding hydrogens is 483 g/mol. The first kappa shape index (κ1) is 26.7. The Morgan fingerprint density at radius 2 is 1.83 bits per heavy atom. The molecule has 2 aromatic carbocycles. The Hall–Kier alpha value is -3.91. The minimum Gasteiger partial charge on any atom is -0.496 e. The van der Waals surface area contributed by atoms with E-state index in [2.05, 4.69) is 27.5 Å². The van der Waals surface area contributed by atoms with Crippen LogP contribution in [0.2, 0.25) is 0 Å². The van der Waals surface area contributed by atoms with E-state index < -0.39 is 5.82 Å². The van der Waals surface area contributed by atoms with Gasteiger partial charge in [-0.15, -0.1) is 0 Å². The number of methoxy groups -OCH3 is 1. The average molecular weight is 511 g/mol. The first-order valence-corrected chi connectivity index (χ1v) is 11.6. The summed E-state index contributed by atoms with van der Waals surface area (Å²) in [6, 6.07) is 11.9. The van der Waals surface area contributed by atoms with E-state index in [1.165, 1.54) is 13.0 Å². The number of carbonyl (C=O) groups excluding carboxylic acids is 2. The molecule has 0 aliphatic rings. The molecule has 0 radical (unpaired) electrons. The quantitative estimate of drug-likeness (QED) is 0.369. The number of aromatic nitrogens is 1. The summed E-state index contributed by atoms with van der Waals surface area (Å²) < 4.78 is 20.0. The first-order chi connectivity index (χ1) is 17.2. The normalized spacial score (nSPS) is 10.5. The fourth-order valence-corrected chi connectivity index (χ4v) is 3.81. The second-order valence-electron chi connectivity index (χ2n) is 8.10. The van der Waals surface area contributed by atoms with E-state index in [4.69, 9.17) is 16.3 Å². The SMILES string of the molecule is C=C(Cl)c1cc(CNC(=O)c2ccnc(Cc3ccc(CNC(C)=O)c(OC)c3)c2)c(F)cc1NC. The minimum atomic E-state index is -0.465. The van der Waals surface area contributed by atoms with Gasteiger partial charge in [0.15, 0.2) is 0 Å². The molecule has 0 saturated carbocycles. The molecule has 0 aliphatic heterocycles. The third-order valence-corrected chi connectivity index (χ3v) is 5.73. The molecule has 36 heavy (non-hydrogen) atoms. The van der Waals surface area contributed by atoms with Crippen LogP contribution in [0.5, 0.6) is 5.75 Å². The molecule has 0 spiro atoms. The summed E-state index contributed by atoms with van der Waals surface area (Å²) in [5, 5.41) is 8.65. The lowest BCUT2D eigenvalue weighted by molar-refractivity contribution is -0.119. The number of amides is 2. The van der Waals surface area contributed by atoms with Gasteiger partial charge in [-0.25, -0.2) is 4.39 Å². The van der Waals surface area contributed by atoms with E-state index in [0.29, 0.717) is 46.8 Å². The van der Waals surface area contributed by atoms with E-state index in [1.807, 2.05) is 18.2 Å². The molecule has 0 atom stereocenters. The van der Waals surface area contributed by atoms with Crippen molar-refractivity contribution in [3.63, 3.8) is 0 Å². The van der Waals surface area contributed by atoms with Crippen LogP contribution in [0.4, 0.5) is 10.1 Å². The number of benzene rings is 2. The standard InChI is InChI=1S/C27H28ClFN4O3/c1-16(28)23-12-21(24(29)13-25(23)30-3)15-33-27(35)19-7-8-31-22(11-19)9-18-5-6-20(14-32-17(2)34)26(10-18)36-4/h5-8,10-13,30H,1,9,14-15H2,2-4H3,(H,32,34)(H,33,35). The molecule has 3 aromatic rings. The van der Waals surface area contributed by atoms with Crippen LogP contribution in [0.25, 0.3) is 5.03 Å². The summed E-state index contributed by atoms with van der Waals surface area (Å²) in [4.78, 5) is 28.3. The maximum atomic E-state index is 14.5. The Bertz CT molecular complexity index is 1300. The van der Waals surface area contributed by atoms with Gasteiger partial charge >= 0.3 is 0 Å². The van der Waals surface area contributed by atoms with E-state index in [9.17, 15) is 14.0 Å². The van der Waals surface area contributed by atoms with Crippen molar-refractivity contribution in [2.75, 3.05) is 19.5 Å². The second-order valence-corrected chi connectivity index (χ2v) is 8.55. The van der Waals surface area contributed by atoms with Gasteiger partial charge in [-0.3, -0.25) is 14.6 Å². The number of ether oxygens (including phenoxy) is 1. The number of halogens is 2. The number of carbonyl (C=O) groups is 2. The largest absolute Gasteiger partial charge is 0.496 e. The zero-order valence-corrected chi connectivity index (χ0v) is 21.1. The van der Waals surface area contributed by atoms with Gasteiger partial charge in [0.2, 0.25) is 5.91 Å². The highest BCUT2D eigenvalue weighted by Gasteiger charge is 2.14. The fraction of sp³-hybridized carbons (Fsp3) is 0.222. The molecule has 1 aromatic heterocycles. The predicted octanol–water partition coefficient (Wildman–Crippen LogP) is 4.64. The van der Waals surface area contributed by atoms with Gasteiger partial charge in [-0.1, -0.05) is 30.3 Å². The lowest BCUT2D eigenvalue weighted by Crippen LogP contribution is -2.23. The molecule has 0 aliphatic carbocycles. The Morgan fingerprint density at radius 1 is 1.08 bits per heavy atom. The van der Waals surface area contributed by atoms with Gasteiger partial charge < -0.3 is 20.7 Å². The van der Waals surface area contributed by atoms with Gasteiger partial charge in [0.25, 0.3) is 5.91 Å².